The molecule has 0 aliphatic heterocycles. The Morgan fingerprint density at radius 3 is 2.40 bits per heavy atom. The molecule has 0 aliphatic carbocycles. The van der Waals surface area contributed by atoms with Gasteiger partial charge in [0.1, 0.15) is 0 Å². The van der Waals surface area contributed by atoms with Crippen molar-refractivity contribution in [2.45, 2.75) is 19.8 Å². The molecule has 100 valence electrons. The molecule has 1 heterocycles. The van der Waals surface area contributed by atoms with Crippen LogP contribution in [-0.2, 0) is 0 Å². The predicted octanol–water partition coefficient (Wildman–Crippen LogP) is 5.10. The van der Waals surface area contributed by atoms with E-state index in [2.05, 4.69) is 66.6 Å². The zero-order chi connectivity index (χ0) is 13.9. The normalized spacial score (nSPS) is 10.9. The second kappa shape index (κ2) is 5.33. The molecule has 0 radical (unpaired) electrons. The van der Waals surface area contributed by atoms with Crippen molar-refractivity contribution in [2.24, 2.45) is 0 Å². The lowest BCUT2D eigenvalue weighted by atomic mass is 10.0. The van der Waals surface area contributed by atoms with E-state index in [-0.39, 0.29) is 0 Å². The number of rotatable bonds is 3. The number of benzene rings is 2. The van der Waals surface area contributed by atoms with Crippen LogP contribution in [0.1, 0.15) is 25.3 Å². The average Bonchev–Trinajstić information content (AvgIpc) is 2.48. The van der Waals surface area contributed by atoms with Crippen molar-refractivity contribution < 1.29 is 0 Å². The number of pyridine rings is 1. The highest BCUT2D eigenvalue weighted by Crippen LogP contribution is 2.26. The molecule has 0 unspecified atom stereocenters. The maximum atomic E-state index is 4.29. The van der Waals surface area contributed by atoms with Gasteiger partial charge in [-0.15, -0.1) is 0 Å². The summed E-state index contributed by atoms with van der Waals surface area (Å²) in [6.07, 6.45) is 3.76. The first-order chi connectivity index (χ1) is 9.74. The minimum atomic E-state index is 0.559. The second-order valence-electron chi connectivity index (χ2n) is 5.31. The summed E-state index contributed by atoms with van der Waals surface area (Å²) in [5.41, 5.74) is 3.49. The van der Waals surface area contributed by atoms with Gasteiger partial charge in [-0.2, -0.15) is 0 Å². The van der Waals surface area contributed by atoms with Gasteiger partial charge in [0.2, 0.25) is 0 Å². The van der Waals surface area contributed by atoms with Gasteiger partial charge in [-0.05, 0) is 23.6 Å². The zero-order valence-electron chi connectivity index (χ0n) is 11.8. The van der Waals surface area contributed by atoms with Gasteiger partial charge in [-0.1, -0.05) is 50.2 Å². The van der Waals surface area contributed by atoms with E-state index in [0.717, 1.165) is 16.8 Å². The molecule has 1 N–H and O–H groups in total. The molecular weight excluding hydrogens is 244 g/mol. The van der Waals surface area contributed by atoms with E-state index in [1.165, 1.54) is 10.9 Å². The van der Waals surface area contributed by atoms with E-state index in [4.69, 9.17) is 0 Å². The molecule has 3 rings (SSSR count). The molecule has 2 heteroatoms. The standard InChI is InChI=1S/C18H18N2/c1-13(2)14-7-9-16(10-8-14)20-18-12-19-11-15-5-3-4-6-17(15)18/h3-13,20H,1-2H3. The third-order valence-corrected chi connectivity index (χ3v) is 3.52. The van der Waals surface area contributed by atoms with Crippen LogP contribution in [0.4, 0.5) is 11.4 Å². The van der Waals surface area contributed by atoms with Crippen molar-refractivity contribution in [3.8, 4) is 0 Å². The lowest BCUT2D eigenvalue weighted by Crippen LogP contribution is -1.93. The summed E-state index contributed by atoms with van der Waals surface area (Å²) < 4.78 is 0. The molecule has 3 aromatic rings. The lowest BCUT2D eigenvalue weighted by Gasteiger charge is -2.11. The highest BCUT2D eigenvalue weighted by atomic mass is 14.9. The van der Waals surface area contributed by atoms with Gasteiger partial charge in [-0.25, -0.2) is 0 Å². The third-order valence-electron chi connectivity index (χ3n) is 3.52. The summed E-state index contributed by atoms with van der Waals surface area (Å²) in [5.74, 6) is 0.559. The minimum Gasteiger partial charge on any atom is -0.354 e. The van der Waals surface area contributed by atoms with Gasteiger partial charge in [0.25, 0.3) is 0 Å². The molecule has 0 aliphatic rings. The first-order valence-electron chi connectivity index (χ1n) is 6.94. The Hall–Kier alpha value is -2.35. The number of anilines is 2. The maximum absolute atomic E-state index is 4.29. The number of nitrogens with one attached hydrogen (secondary N) is 1. The predicted molar refractivity (Wildman–Crippen MR) is 85.6 cm³/mol. The van der Waals surface area contributed by atoms with Crippen LogP contribution in [0.25, 0.3) is 10.8 Å². The molecule has 0 saturated heterocycles. The molecular formula is C18H18N2. The van der Waals surface area contributed by atoms with E-state index in [9.17, 15) is 0 Å². The van der Waals surface area contributed by atoms with Crippen LogP contribution < -0.4 is 5.32 Å². The number of nitrogens with zero attached hydrogens (tertiary/aromatic N) is 1. The van der Waals surface area contributed by atoms with Crippen molar-refractivity contribution in [3.05, 3.63) is 66.5 Å². The van der Waals surface area contributed by atoms with E-state index in [0.29, 0.717) is 5.92 Å². The van der Waals surface area contributed by atoms with Gasteiger partial charge in [0, 0.05) is 22.7 Å². The Morgan fingerprint density at radius 1 is 0.900 bits per heavy atom. The average molecular weight is 262 g/mol. The Morgan fingerprint density at radius 2 is 1.65 bits per heavy atom. The Bertz CT molecular complexity index is 710. The maximum Gasteiger partial charge on any atom is 0.0650 e. The van der Waals surface area contributed by atoms with Crippen LogP contribution in [0, 0.1) is 0 Å². The van der Waals surface area contributed by atoms with Crippen molar-refractivity contribution >= 4 is 22.1 Å². The van der Waals surface area contributed by atoms with Gasteiger partial charge in [-0.3, -0.25) is 4.98 Å². The summed E-state index contributed by atoms with van der Waals surface area (Å²) in [4.78, 5) is 4.29. The molecule has 0 fully saturated rings. The SMILES string of the molecule is CC(C)c1ccc(Nc2cncc3ccccc23)cc1. The number of aromatic nitrogens is 1. The molecule has 1 aromatic heterocycles. The smallest absolute Gasteiger partial charge is 0.0650 e. The fraction of sp³-hybridized carbons (Fsp3) is 0.167. The fourth-order valence-electron chi connectivity index (χ4n) is 2.32. The summed E-state index contributed by atoms with van der Waals surface area (Å²) in [6.45, 7) is 4.41. The van der Waals surface area contributed by atoms with Gasteiger partial charge in [0.05, 0.1) is 11.9 Å². The molecule has 2 nitrogen and oxygen atoms in total. The second-order valence-corrected chi connectivity index (χ2v) is 5.31. The number of hydrogen-bond donors (Lipinski definition) is 1. The van der Waals surface area contributed by atoms with E-state index < -0.39 is 0 Å². The molecule has 0 bridgehead atoms. The molecule has 2 aromatic carbocycles. The van der Waals surface area contributed by atoms with Crippen LogP contribution in [0.3, 0.4) is 0 Å². The van der Waals surface area contributed by atoms with Crippen molar-refractivity contribution in [2.75, 3.05) is 5.32 Å². The van der Waals surface area contributed by atoms with Crippen LogP contribution in [0.15, 0.2) is 60.9 Å². The number of fused-ring (bicyclic) bond motifs is 1. The van der Waals surface area contributed by atoms with Crippen LogP contribution >= 0.6 is 0 Å². The van der Waals surface area contributed by atoms with E-state index in [1.807, 2.05) is 18.5 Å². The van der Waals surface area contributed by atoms with Crippen molar-refractivity contribution in [1.29, 1.82) is 0 Å². The summed E-state index contributed by atoms with van der Waals surface area (Å²) in [5, 5.41) is 5.79. The Kier molecular flexibility index (Phi) is 3.38. The third kappa shape index (κ3) is 2.50. The summed E-state index contributed by atoms with van der Waals surface area (Å²) in [6, 6.07) is 16.9. The molecule has 0 spiro atoms. The van der Waals surface area contributed by atoms with Crippen LogP contribution in [0.2, 0.25) is 0 Å². The molecule has 0 atom stereocenters. The largest absolute Gasteiger partial charge is 0.354 e. The molecule has 0 saturated carbocycles. The highest BCUT2D eigenvalue weighted by Gasteiger charge is 2.02. The topological polar surface area (TPSA) is 24.9 Å². The van der Waals surface area contributed by atoms with Gasteiger partial charge >= 0.3 is 0 Å². The highest BCUT2D eigenvalue weighted by molar-refractivity contribution is 5.94. The Labute approximate surface area is 119 Å². The van der Waals surface area contributed by atoms with Gasteiger partial charge in [0.15, 0.2) is 0 Å². The quantitative estimate of drug-likeness (QED) is 0.710. The van der Waals surface area contributed by atoms with E-state index >= 15 is 0 Å². The van der Waals surface area contributed by atoms with Crippen molar-refractivity contribution in [3.63, 3.8) is 0 Å². The monoisotopic (exact) mass is 262 g/mol. The van der Waals surface area contributed by atoms with Gasteiger partial charge < -0.3 is 5.32 Å². The first-order valence-corrected chi connectivity index (χ1v) is 6.94. The molecule has 20 heavy (non-hydrogen) atoms. The van der Waals surface area contributed by atoms with Crippen molar-refractivity contribution in [1.82, 2.24) is 4.98 Å². The first kappa shape index (κ1) is 12.7. The summed E-state index contributed by atoms with van der Waals surface area (Å²) in [7, 11) is 0. The fourth-order valence-corrected chi connectivity index (χ4v) is 2.32. The van der Waals surface area contributed by atoms with Crippen LogP contribution in [-0.4, -0.2) is 4.98 Å². The Balaban J connectivity index is 1.93. The van der Waals surface area contributed by atoms with Crippen LogP contribution in [0.5, 0.6) is 0 Å². The minimum absolute atomic E-state index is 0.559. The summed E-state index contributed by atoms with van der Waals surface area (Å²) >= 11 is 0. The zero-order valence-corrected chi connectivity index (χ0v) is 11.8. The number of hydrogen-bond acceptors (Lipinski definition) is 2. The molecule has 0 amide bonds. The van der Waals surface area contributed by atoms with E-state index in [1.54, 1.807) is 0 Å². The lowest BCUT2D eigenvalue weighted by molar-refractivity contribution is 0.867.